The van der Waals surface area contributed by atoms with Gasteiger partial charge in [-0.3, -0.25) is 19.4 Å². The van der Waals surface area contributed by atoms with E-state index in [1.807, 2.05) is 55.1 Å². The van der Waals surface area contributed by atoms with E-state index in [0.717, 1.165) is 22.4 Å². The zero-order chi connectivity index (χ0) is 29.2. The van der Waals surface area contributed by atoms with Gasteiger partial charge in [0.15, 0.2) is 11.6 Å². The number of aromatic nitrogens is 1. The van der Waals surface area contributed by atoms with E-state index in [1.165, 1.54) is 0 Å². The van der Waals surface area contributed by atoms with Gasteiger partial charge in [0.25, 0.3) is 0 Å². The number of hydrogen-bond donors (Lipinski definition) is 1. The molecule has 4 atom stereocenters. The van der Waals surface area contributed by atoms with Crippen LogP contribution in [0.4, 0.5) is 11.4 Å². The molecule has 0 saturated carbocycles. The van der Waals surface area contributed by atoms with E-state index in [4.69, 9.17) is 4.74 Å². The number of amides is 1. The van der Waals surface area contributed by atoms with Crippen LogP contribution in [0.15, 0.2) is 97.2 Å². The lowest BCUT2D eigenvalue weighted by Gasteiger charge is -2.39. The number of allylic oxidation sites excluding steroid dienone is 1. The monoisotopic (exact) mass is 555 g/mol. The van der Waals surface area contributed by atoms with Crippen molar-refractivity contribution in [3.05, 3.63) is 125 Å². The maximum absolute atomic E-state index is 14.8. The van der Waals surface area contributed by atoms with Gasteiger partial charge in [-0.1, -0.05) is 54.1 Å². The van der Waals surface area contributed by atoms with Gasteiger partial charge in [-0.25, -0.2) is 0 Å². The van der Waals surface area contributed by atoms with Crippen LogP contribution in [0, 0.1) is 12.8 Å². The fourth-order valence-electron chi connectivity index (χ4n) is 7.16. The number of nitrogens with one attached hydrogen (secondary N) is 1. The Morgan fingerprint density at radius 2 is 1.74 bits per heavy atom. The van der Waals surface area contributed by atoms with Crippen molar-refractivity contribution in [1.29, 1.82) is 0 Å². The normalized spacial score (nSPS) is 23.5. The van der Waals surface area contributed by atoms with Gasteiger partial charge in [-0.05, 0) is 67.4 Å². The van der Waals surface area contributed by atoms with Gasteiger partial charge in [0.2, 0.25) is 5.91 Å². The molecule has 208 valence electrons. The Balaban J connectivity index is 1.56. The van der Waals surface area contributed by atoms with Crippen molar-refractivity contribution in [3.8, 4) is 5.75 Å². The quantitative estimate of drug-likeness (QED) is 0.321. The molecule has 3 aliphatic rings. The summed E-state index contributed by atoms with van der Waals surface area (Å²) < 4.78 is 5.44. The minimum Gasteiger partial charge on any atom is -0.497 e. The molecule has 7 rings (SSSR count). The SMILES string of the molecule is COc1cccc(C(=O)C2C(C(=O)c3ccccn3)C3(C(=O)Nc4ccccc43)C3C=C(C)c4cc(C)ccc4N23)c1. The van der Waals surface area contributed by atoms with Crippen molar-refractivity contribution >= 4 is 34.4 Å². The third kappa shape index (κ3) is 3.52. The molecule has 1 fully saturated rings. The first-order valence-electron chi connectivity index (χ1n) is 14.0. The van der Waals surface area contributed by atoms with E-state index in [0.29, 0.717) is 22.6 Å². The first-order chi connectivity index (χ1) is 20.4. The second-order valence-corrected chi connectivity index (χ2v) is 11.2. The Morgan fingerprint density at radius 1 is 0.929 bits per heavy atom. The standard InChI is InChI=1S/C35H29N3O4/c1-20-14-15-28-24(17-20)21(2)18-29-35(25-11-4-5-12-26(25)37-34(35)41)30(33(40)27-13-6-7-16-36-27)31(38(28)29)32(39)22-9-8-10-23(19-22)42-3/h4-19,29-31H,1-3H3,(H,37,41). The number of anilines is 2. The van der Waals surface area contributed by atoms with Gasteiger partial charge in [0.1, 0.15) is 22.9 Å². The Morgan fingerprint density at radius 3 is 2.52 bits per heavy atom. The van der Waals surface area contributed by atoms with Crippen LogP contribution in [-0.4, -0.2) is 41.7 Å². The van der Waals surface area contributed by atoms with Gasteiger partial charge in [0.05, 0.1) is 19.1 Å². The third-order valence-corrected chi connectivity index (χ3v) is 8.95. The third-order valence-electron chi connectivity index (χ3n) is 8.95. The number of Topliss-reactive ketones (excluding diaryl/α,β-unsaturated/α-hetero) is 2. The lowest BCUT2D eigenvalue weighted by Crippen LogP contribution is -2.51. The first kappa shape index (κ1) is 25.9. The summed E-state index contributed by atoms with van der Waals surface area (Å²) >= 11 is 0. The molecule has 1 amide bonds. The number of nitrogens with zero attached hydrogens (tertiary/aromatic N) is 2. The summed E-state index contributed by atoms with van der Waals surface area (Å²) in [6, 6.07) is 24.1. The number of carbonyl (C=O) groups excluding carboxylic acids is 3. The molecule has 3 aromatic carbocycles. The lowest BCUT2D eigenvalue weighted by molar-refractivity contribution is -0.121. The molecule has 0 bridgehead atoms. The second-order valence-electron chi connectivity index (χ2n) is 11.2. The highest BCUT2D eigenvalue weighted by Gasteiger charge is 2.70. The largest absolute Gasteiger partial charge is 0.497 e. The van der Waals surface area contributed by atoms with Crippen LogP contribution in [0.5, 0.6) is 5.75 Å². The van der Waals surface area contributed by atoms with Crippen LogP contribution in [-0.2, 0) is 10.2 Å². The van der Waals surface area contributed by atoms with Crippen molar-refractivity contribution < 1.29 is 19.1 Å². The molecule has 0 aliphatic carbocycles. The van der Waals surface area contributed by atoms with E-state index in [-0.39, 0.29) is 23.2 Å². The molecule has 3 aliphatic heterocycles. The van der Waals surface area contributed by atoms with Gasteiger partial charge in [-0.2, -0.15) is 0 Å². The topological polar surface area (TPSA) is 88.6 Å². The summed E-state index contributed by atoms with van der Waals surface area (Å²) in [5.41, 5.74) is 4.46. The predicted molar refractivity (Wildman–Crippen MR) is 161 cm³/mol. The molecular formula is C35H29N3O4. The second kappa shape index (κ2) is 9.52. The molecule has 7 nitrogen and oxygen atoms in total. The number of fused-ring (bicyclic) bond motifs is 6. The fourth-order valence-corrected chi connectivity index (χ4v) is 7.16. The number of pyridine rings is 1. The van der Waals surface area contributed by atoms with Crippen molar-refractivity contribution in [1.82, 2.24) is 4.98 Å². The Kier molecular flexibility index (Phi) is 5.87. The number of para-hydroxylation sites is 1. The number of aryl methyl sites for hydroxylation is 1. The predicted octanol–water partition coefficient (Wildman–Crippen LogP) is 5.64. The van der Waals surface area contributed by atoms with E-state index in [2.05, 4.69) is 22.4 Å². The highest BCUT2D eigenvalue weighted by Crippen LogP contribution is 2.58. The summed E-state index contributed by atoms with van der Waals surface area (Å²) in [5.74, 6) is -1.45. The molecular weight excluding hydrogens is 526 g/mol. The molecule has 42 heavy (non-hydrogen) atoms. The highest BCUT2D eigenvalue weighted by molar-refractivity contribution is 6.18. The van der Waals surface area contributed by atoms with Crippen molar-refractivity contribution in [2.24, 2.45) is 5.92 Å². The number of rotatable bonds is 5. The summed E-state index contributed by atoms with van der Waals surface area (Å²) in [5, 5.41) is 3.07. The number of carbonyl (C=O) groups is 3. The molecule has 4 heterocycles. The number of ether oxygens (including phenoxy) is 1. The number of methoxy groups -OCH3 is 1. The van der Waals surface area contributed by atoms with Gasteiger partial charge in [0, 0.05) is 28.7 Å². The molecule has 7 heteroatoms. The van der Waals surface area contributed by atoms with E-state index in [9.17, 15) is 14.4 Å². The maximum Gasteiger partial charge on any atom is 0.238 e. The summed E-state index contributed by atoms with van der Waals surface area (Å²) in [6.45, 7) is 4.05. The van der Waals surface area contributed by atoms with E-state index < -0.39 is 23.4 Å². The maximum atomic E-state index is 14.8. The van der Waals surface area contributed by atoms with Gasteiger partial charge >= 0.3 is 0 Å². The summed E-state index contributed by atoms with van der Waals surface area (Å²) in [4.78, 5) is 50.4. The molecule has 1 N–H and O–H groups in total. The van der Waals surface area contributed by atoms with Crippen LogP contribution < -0.4 is 15.0 Å². The first-order valence-corrected chi connectivity index (χ1v) is 14.0. The minimum absolute atomic E-state index is 0.215. The highest BCUT2D eigenvalue weighted by atomic mass is 16.5. The zero-order valence-electron chi connectivity index (χ0n) is 23.5. The Hall–Kier alpha value is -5.04. The average Bonchev–Trinajstić information content (AvgIpc) is 3.49. The van der Waals surface area contributed by atoms with Crippen molar-refractivity contribution in [3.63, 3.8) is 0 Å². The van der Waals surface area contributed by atoms with Crippen LogP contribution in [0.3, 0.4) is 0 Å². The number of hydrogen-bond acceptors (Lipinski definition) is 6. The number of benzene rings is 3. The smallest absolute Gasteiger partial charge is 0.238 e. The molecule has 1 spiro atoms. The van der Waals surface area contributed by atoms with Crippen molar-refractivity contribution in [2.45, 2.75) is 31.3 Å². The molecule has 4 unspecified atom stereocenters. The van der Waals surface area contributed by atoms with Crippen LogP contribution in [0.2, 0.25) is 0 Å². The average molecular weight is 556 g/mol. The van der Waals surface area contributed by atoms with Crippen LogP contribution in [0.25, 0.3) is 5.57 Å². The Bertz CT molecular complexity index is 1810. The van der Waals surface area contributed by atoms with Crippen LogP contribution >= 0.6 is 0 Å². The van der Waals surface area contributed by atoms with E-state index in [1.54, 1.807) is 55.8 Å². The van der Waals surface area contributed by atoms with E-state index >= 15 is 0 Å². The van der Waals surface area contributed by atoms with Gasteiger partial charge < -0.3 is 15.0 Å². The summed E-state index contributed by atoms with van der Waals surface area (Å²) in [7, 11) is 1.55. The van der Waals surface area contributed by atoms with Crippen molar-refractivity contribution in [2.75, 3.05) is 17.3 Å². The molecule has 0 radical (unpaired) electrons. The molecule has 1 saturated heterocycles. The Labute approximate surface area is 243 Å². The number of ketones is 2. The fraction of sp³-hybridized carbons (Fsp3) is 0.200. The molecule has 4 aromatic rings. The minimum atomic E-state index is -1.38. The lowest BCUT2D eigenvalue weighted by atomic mass is 9.64. The van der Waals surface area contributed by atoms with Gasteiger partial charge in [-0.15, -0.1) is 0 Å². The molecule has 1 aromatic heterocycles. The zero-order valence-corrected chi connectivity index (χ0v) is 23.5. The van der Waals surface area contributed by atoms with Crippen LogP contribution in [0.1, 0.15) is 44.5 Å². The summed E-state index contributed by atoms with van der Waals surface area (Å²) in [6.07, 6.45) is 3.62.